The van der Waals surface area contributed by atoms with Gasteiger partial charge in [0.1, 0.15) is 0 Å². The van der Waals surface area contributed by atoms with Gasteiger partial charge in [-0.05, 0) is 44.7 Å². The summed E-state index contributed by atoms with van der Waals surface area (Å²) in [4.78, 5) is 13.9. The van der Waals surface area contributed by atoms with Gasteiger partial charge in [-0.15, -0.1) is 0 Å². The van der Waals surface area contributed by atoms with Crippen molar-refractivity contribution in [3.05, 3.63) is 0 Å². The summed E-state index contributed by atoms with van der Waals surface area (Å²) >= 11 is 0. The van der Waals surface area contributed by atoms with Crippen LogP contribution in [-0.2, 0) is 4.79 Å². The van der Waals surface area contributed by atoms with Crippen LogP contribution >= 0.6 is 0 Å². The van der Waals surface area contributed by atoms with Crippen LogP contribution < -0.4 is 5.32 Å². The highest BCUT2D eigenvalue weighted by Gasteiger charge is 2.29. The van der Waals surface area contributed by atoms with Crippen LogP contribution in [0.25, 0.3) is 0 Å². The van der Waals surface area contributed by atoms with E-state index in [9.17, 15) is 9.90 Å². The molecule has 0 bridgehead atoms. The molecule has 1 amide bonds. The fourth-order valence-electron chi connectivity index (χ4n) is 3.19. The van der Waals surface area contributed by atoms with Crippen LogP contribution in [0.1, 0.15) is 44.9 Å². The average Bonchev–Trinajstić information content (AvgIpc) is 2.89. The third-order valence-electron chi connectivity index (χ3n) is 4.51. The summed E-state index contributed by atoms with van der Waals surface area (Å²) in [5.41, 5.74) is 0. The molecule has 0 spiro atoms. The molecule has 1 heterocycles. The van der Waals surface area contributed by atoms with Crippen molar-refractivity contribution in [3.63, 3.8) is 0 Å². The molecule has 2 aliphatic rings. The zero-order valence-corrected chi connectivity index (χ0v) is 11.4. The molecule has 0 aromatic heterocycles. The van der Waals surface area contributed by atoms with Gasteiger partial charge in [-0.25, -0.2) is 0 Å². The molecule has 4 nitrogen and oxygen atoms in total. The molecule has 0 aromatic rings. The molecule has 1 aliphatic carbocycles. The molecule has 3 unspecified atom stereocenters. The summed E-state index contributed by atoms with van der Waals surface area (Å²) < 4.78 is 0. The Morgan fingerprint density at radius 1 is 1.33 bits per heavy atom. The van der Waals surface area contributed by atoms with Crippen LogP contribution in [0.4, 0.5) is 0 Å². The number of aliphatic hydroxyl groups is 1. The van der Waals surface area contributed by atoms with Crippen molar-refractivity contribution in [1.29, 1.82) is 0 Å². The number of likely N-dealkylation sites (N-methyl/N-ethyl adjacent to an activating group) is 1. The molecule has 2 rings (SSSR count). The van der Waals surface area contributed by atoms with Crippen LogP contribution in [0, 0.1) is 5.92 Å². The number of hydrogen-bond donors (Lipinski definition) is 2. The van der Waals surface area contributed by atoms with Crippen molar-refractivity contribution in [1.82, 2.24) is 10.2 Å². The lowest BCUT2D eigenvalue weighted by Gasteiger charge is -2.35. The molecule has 2 N–H and O–H groups in total. The second-order valence-electron chi connectivity index (χ2n) is 5.82. The van der Waals surface area contributed by atoms with E-state index in [1.807, 2.05) is 7.05 Å². The third kappa shape index (κ3) is 3.45. The maximum absolute atomic E-state index is 12.1. The van der Waals surface area contributed by atoms with Crippen molar-refractivity contribution in [3.8, 4) is 0 Å². The van der Waals surface area contributed by atoms with Crippen molar-refractivity contribution in [2.24, 2.45) is 5.92 Å². The number of amides is 1. The second-order valence-corrected chi connectivity index (χ2v) is 5.82. The maximum Gasteiger partial charge on any atom is 0.222 e. The van der Waals surface area contributed by atoms with Crippen molar-refractivity contribution >= 4 is 5.91 Å². The van der Waals surface area contributed by atoms with Crippen LogP contribution in [0.5, 0.6) is 0 Å². The Bertz CT molecular complexity index is 277. The predicted molar refractivity (Wildman–Crippen MR) is 71.2 cm³/mol. The van der Waals surface area contributed by atoms with Crippen LogP contribution in [0.2, 0.25) is 0 Å². The Morgan fingerprint density at radius 2 is 2.11 bits per heavy atom. The molecule has 0 aromatic carbocycles. The highest BCUT2D eigenvalue weighted by Crippen LogP contribution is 2.23. The molecule has 4 heteroatoms. The maximum atomic E-state index is 12.1. The fourth-order valence-corrected chi connectivity index (χ4v) is 3.19. The minimum atomic E-state index is -0.319. The first-order valence-corrected chi connectivity index (χ1v) is 7.33. The van der Waals surface area contributed by atoms with Gasteiger partial charge in [0.25, 0.3) is 0 Å². The Kier molecular flexibility index (Phi) is 5.01. The van der Waals surface area contributed by atoms with Crippen molar-refractivity contribution in [2.75, 3.05) is 20.1 Å². The summed E-state index contributed by atoms with van der Waals surface area (Å²) in [6.45, 7) is 2.15. The van der Waals surface area contributed by atoms with Crippen LogP contribution in [0.15, 0.2) is 0 Å². The average molecular weight is 254 g/mol. The minimum Gasteiger partial charge on any atom is -0.391 e. The zero-order valence-electron chi connectivity index (χ0n) is 11.4. The highest BCUT2D eigenvalue weighted by atomic mass is 16.3. The van der Waals surface area contributed by atoms with E-state index >= 15 is 0 Å². The standard InChI is InChI=1S/C14H26N2O2/c1-16(12-4-2-3-5-13(12)17)14(18)7-6-11-8-9-15-10-11/h11-13,15,17H,2-10H2,1H3. The van der Waals surface area contributed by atoms with Gasteiger partial charge < -0.3 is 15.3 Å². The Morgan fingerprint density at radius 3 is 2.78 bits per heavy atom. The van der Waals surface area contributed by atoms with Gasteiger partial charge >= 0.3 is 0 Å². The van der Waals surface area contributed by atoms with Crippen LogP contribution in [0.3, 0.4) is 0 Å². The normalized spacial score (nSPS) is 32.4. The number of carbonyl (C=O) groups excluding carboxylic acids is 1. The number of nitrogens with one attached hydrogen (secondary N) is 1. The van der Waals surface area contributed by atoms with E-state index < -0.39 is 0 Å². The van der Waals surface area contributed by atoms with Gasteiger partial charge in [-0.3, -0.25) is 4.79 Å². The molecule has 1 saturated heterocycles. The summed E-state index contributed by atoms with van der Waals surface area (Å²) in [6.07, 6.45) is 6.51. The van der Waals surface area contributed by atoms with E-state index in [2.05, 4.69) is 5.32 Å². The van der Waals surface area contributed by atoms with E-state index in [0.717, 1.165) is 45.2 Å². The third-order valence-corrected chi connectivity index (χ3v) is 4.51. The lowest BCUT2D eigenvalue weighted by Crippen LogP contribution is -2.46. The summed E-state index contributed by atoms with van der Waals surface area (Å²) in [5.74, 6) is 0.867. The minimum absolute atomic E-state index is 0.0490. The number of nitrogens with zero attached hydrogens (tertiary/aromatic N) is 1. The van der Waals surface area contributed by atoms with E-state index in [-0.39, 0.29) is 18.1 Å². The van der Waals surface area contributed by atoms with Gasteiger partial charge in [0.05, 0.1) is 12.1 Å². The number of carbonyl (C=O) groups is 1. The van der Waals surface area contributed by atoms with E-state index in [4.69, 9.17) is 0 Å². The van der Waals surface area contributed by atoms with Gasteiger partial charge in [-0.2, -0.15) is 0 Å². The van der Waals surface area contributed by atoms with E-state index in [1.54, 1.807) is 4.90 Å². The Balaban J connectivity index is 1.76. The Hall–Kier alpha value is -0.610. The first-order valence-electron chi connectivity index (χ1n) is 7.33. The van der Waals surface area contributed by atoms with Gasteiger partial charge in [0.2, 0.25) is 5.91 Å². The molecule has 104 valence electrons. The molecule has 1 saturated carbocycles. The molecular formula is C14H26N2O2. The van der Waals surface area contributed by atoms with Crippen molar-refractivity contribution in [2.45, 2.75) is 57.1 Å². The SMILES string of the molecule is CN(C(=O)CCC1CCNC1)C1CCCCC1O. The first-order chi connectivity index (χ1) is 8.68. The predicted octanol–water partition coefficient (Wildman–Crippen LogP) is 1.14. The molecule has 1 aliphatic heterocycles. The quantitative estimate of drug-likeness (QED) is 0.791. The molecule has 2 fully saturated rings. The zero-order chi connectivity index (χ0) is 13.0. The summed E-state index contributed by atoms with van der Waals surface area (Å²) in [6, 6.07) is 0.0490. The topological polar surface area (TPSA) is 52.6 Å². The first kappa shape index (κ1) is 13.8. The van der Waals surface area contributed by atoms with E-state index in [1.165, 1.54) is 6.42 Å². The van der Waals surface area contributed by atoms with E-state index in [0.29, 0.717) is 12.3 Å². The Labute approximate surface area is 110 Å². The monoisotopic (exact) mass is 254 g/mol. The van der Waals surface area contributed by atoms with Gasteiger partial charge in [-0.1, -0.05) is 12.8 Å². The second kappa shape index (κ2) is 6.53. The number of aliphatic hydroxyl groups excluding tert-OH is 1. The smallest absolute Gasteiger partial charge is 0.222 e. The van der Waals surface area contributed by atoms with Crippen molar-refractivity contribution < 1.29 is 9.90 Å². The lowest BCUT2D eigenvalue weighted by atomic mass is 9.91. The molecule has 0 radical (unpaired) electrons. The lowest BCUT2D eigenvalue weighted by molar-refractivity contribution is -0.135. The fraction of sp³-hybridized carbons (Fsp3) is 0.929. The molecular weight excluding hydrogens is 228 g/mol. The summed E-state index contributed by atoms with van der Waals surface area (Å²) in [7, 11) is 1.86. The molecule has 18 heavy (non-hydrogen) atoms. The van der Waals surface area contributed by atoms with Gasteiger partial charge in [0.15, 0.2) is 0 Å². The van der Waals surface area contributed by atoms with Gasteiger partial charge in [0, 0.05) is 13.5 Å². The summed E-state index contributed by atoms with van der Waals surface area (Å²) in [5, 5.41) is 13.3. The highest BCUT2D eigenvalue weighted by molar-refractivity contribution is 5.76. The number of hydrogen-bond acceptors (Lipinski definition) is 3. The number of rotatable bonds is 4. The van der Waals surface area contributed by atoms with Crippen LogP contribution in [-0.4, -0.2) is 48.2 Å². The molecule has 3 atom stereocenters. The largest absolute Gasteiger partial charge is 0.391 e.